The number of benzene rings is 1. The van der Waals surface area contributed by atoms with Crippen LogP contribution in [0.5, 0.6) is 5.75 Å². The summed E-state index contributed by atoms with van der Waals surface area (Å²) in [6.07, 6.45) is 3.18. The summed E-state index contributed by atoms with van der Waals surface area (Å²) >= 11 is 5.78. The second kappa shape index (κ2) is 10.7. The quantitative estimate of drug-likeness (QED) is 0.547. The highest BCUT2D eigenvalue weighted by Crippen LogP contribution is 2.15. The second-order valence-electron chi connectivity index (χ2n) is 5.94. The molecule has 0 radical (unpaired) electrons. The van der Waals surface area contributed by atoms with Crippen LogP contribution in [0.3, 0.4) is 0 Å². The van der Waals surface area contributed by atoms with Gasteiger partial charge in [0.15, 0.2) is 6.61 Å². The third-order valence-electron chi connectivity index (χ3n) is 3.86. The standard InChI is InChI=1S/C18H23ClN2O5/c19-14-5-7-15(8-6-14)25-11-9-20-16(22)13-26-18(24)12-21-10-3-1-2-4-17(21)23/h5-8H,1-4,9-13H2,(H,20,22). The molecule has 1 N–H and O–H groups in total. The summed E-state index contributed by atoms with van der Waals surface area (Å²) in [5, 5.41) is 3.21. The number of likely N-dealkylation sites (tertiary alicyclic amines) is 1. The topological polar surface area (TPSA) is 84.9 Å². The number of amides is 2. The van der Waals surface area contributed by atoms with E-state index < -0.39 is 11.9 Å². The van der Waals surface area contributed by atoms with Crippen molar-refractivity contribution in [1.29, 1.82) is 0 Å². The second-order valence-corrected chi connectivity index (χ2v) is 6.38. The predicted molar refractivity (Wildman–Crippen MR) is 96.0 cm³/mol. The molecule has 0 bridgehead atoms. The van der Waals surface area contributed by atoms with Crippen LogP contribution in [-0.2, 0) is 19.1 Å². The fourth-order valence-electron chi connectivity index (χ4n) is 2.49. The molecule has 142 valence electrons. The number of nitrogens with one attached hydrogen (secondary N) is 1. The van der Waals surface area contributed by atoms with E-state index in [-0.39, 0.29) is 32.2 Å². The number of carbonyl (C=O) groups excluding carboxylic acids is 3. The van der Waals surface area contributed by atoms with Crippen molar-refractivity contribution >= 4 is 29.4 Å². The van der Waals surface area contributed by atoms with E-state index in [1.165, 1.54) is 4.90 Å². The molecule has 26 heavy (non-hydrogen) atoms. The Balaban J connectivity index is 1.58. The smallest absolute Gasteiger partial charge is 0.326 e. The van der Waals surface area contributed by atoms with Gasteiger partial charge in [-0.15, -0.1) is 0 Å². The SMILES string of the molecule is O=C(COC(=O)CN1CCCCCC1=O)NCCOc1ccc(Cl)cc1. The van der Waals surface area contributed by atoms with Crippen molar-refractivity contribution in [1.82, 2.24) is 10.2 Å². The largest absolute Gasteiger partial charge is 0.492 e. The highest BCUT2D eigenvalue weighted by Gasteiger charge is 2.20. The average Bonchev–Trinajstić information content (AvgIpc) is 2.83. The first kappa shape index (κ1) is 20.0. The molecule has 1 saturated heterocycles. The van der Waals surface area contributed by atoms with Crippen LogP contribution in [0.4, 0.5) is 0 Å². The predicted octanol–water partition coefficient (Wildman–Crippen LogP) is 1.78. The molecule has 1 aromatic carbocycles. The molecule has 1 aliphatic heterocycles. The maximum atomic E-state index is 11.8. The van der Waals surface area contributed by atoms with Gasteiger partial charge in [-0.1, -0.05) is 18.0 Å². The van der Waals surface area contributed by atoms with E-state index in [9.17, 15) is 14.4 Å². The van der Waals surface area contributed by atoms with Gasteiger partial charge in [-0.2, -0.15) is 0 Å². The van der Waals surface area contributed by atoms with Gasteiger partial charge < -0.3 is 19.7 Å². The average molecular weight is 383 g/mol. The zero-order chi connectivity index (χ0) is 18.8. The van der Waals surface area contributed by atoms with Gasteiger partial charge in [-0.3, -0.25) is 14.4 Å². The maximum Gasteiger partial charge on any atom is 0.326 e. The minimum absolute atomic E-state index is 0.0387. The van der Waals surface area contributed by atoms with Crippen molar-refractivity contribution in [2.24, 2.45) is 0 Å². The van der Waals surface area contributed by atoms with Crippen molar-refractivity contribution in [3.8, 4) is 5.75 Å². The highest BCUT2D eigenvalue weighted by atomic mass is 35.5. The number of carbonyl (C=O) groups is 3. The number of ether oxygens (including phenoxy) is 2. The van der Waals surface area contributed by atoms with E-state index in [4.69, 9.17) is 21.1 Å². The molecule has 1 fully saturated rings. The normalized spacial score (nSPS) is 14.5. The fraction of sp³-hybridized carbons (Fsp3) is 0.500. The Morgan fingerprint density at radius 2 is 1.92 bits per heavy atom. The van der Waals surface area contributed by atoms with Gasteiger partial charge in [0.1, 0.15) is 18.9 Å². The third-order valence-corrected chi connectivity index (χ3v) is 4.11. The minimum atomic E-state index is -0.576. The number of hydrogen-bond donors (Lipinski definition) is 1. The summed E-state index contributed by atoms with van der Waals surface area (Å²) < 4.78 is 10.4. The van der Waals surface area contributed by atoms with Crippen LogP contribution in [0.15, 0.2) is 24.3 Å². The summed E-state index contributed by atoms with van der Waals surface area (Å²) in [6.45, 7) is 0.642. The van der Waals surface area contributed by atoms with Crippen LogP contribution in [0, 0.1) is 0 Å². The van der Waals surface area contributed by atoms with Crippen LogP contribution >= 0.6 is 11.6 Å². The lowest BCUT2D eigenvalue weighted by Crippen LogP contribution is -2.38. The molecule has 0 aromatic heterocycles. The van der Waals surface area contributed by atoms with E-state index in [1.807, 2.05) is 0 Å². The summed E-state index contributed by atoms with van der Waals surface area (Å²) in [6, 6.07) is 6.89. The lowest BCUT2D eigenvalue weighted by atomic mass is 10.2. The Labute approximate surface area is 157 Å². The van der Waals surface area contributed by atoms with Gasteiger partial charge in [0.2, 0.25) is 5.91 Å². The van der Waals surface area contributed by atoms with Gasteiger partial charge in [0, 0.05) is 18.0 Å². The maximum absolute atomic E-state index is 11.8. The molecule has 0 unspecified atom stereocenters. The van der Waals surface area contributed by atoms with E-state index in [0.717, 1.165) is 19.3 Å². The van der Waals surface area contributed by atoms with Crippen LogP contribution < -0.4 is 10.1 Å². The summed E-state index contributed by atoms with van der Waals surface area (Å²) in [5.74, 6) is -0.381. The lowest BCUT2D eigenvalue weighted by Gasteiger charge is -2.19. The molecule has 1 aromatic rings. The molecule has 7 nitrogen and oxygen atoms in total. The van der Waals surface area contributed by atoms with Gasteiger partial charge in [-0.25, -0.2) is 0 Å². The Kier molecular flexibility index (Phi) is 8.21. The number of halogens is 1. The van der Waals surface area contributed by atoms with Crippen LogP contribution in [0.25, 0.3) is 0 Å². The summed E-state index contributed by atoms with van der Waals surface area (Å²) in [7, 11) is 0. The number of nitrogens with zero attached hydrogens (tertiary/aromatic N) is 1. The van der Waals surface area contributed by atoms with E-state index in [0.29, 0.717) is 23.7 Å². The number of rotatable bonds is 8. The number of hydrogen-bond acceptors (Lipinski definition) is 5. The Morgan fingerprint density at radius 3 is 2.69 bits per heavy atom. The van der Waals surface area contributed by atoms with E-state index in [1.54, 1.807) is 24.3 Å². The summed E-state index contributed by atoms with van der Waals surface area (Å²) in [4.78, 5) is 36.8. The van der Waals surface area contributed by atoms with Crippen LogP contribution in [0.2, 0.25) is 5.02 Å². The van der Waals surface area contributed by atoms with Crippen LogP contribution in [-0.4, -0.2) is 55.5 Å². The molecule has 1 heterocycles. The molecule has 0 spiro atoms. The molecule has 0 atom stereocenters. The van der Waals surface area contributed by atoms with Crippen molar-refractivity contribution in [2.75, 3.05) is 32.8 Å². The molecule has 0 saturated carbocycles. The van der Waals surface area contributed by atoms with Crippen molar-refractivity contribution in [3.63, 3.8) is 0 Å². The van der Waals surface area contributed by atoms with Crippen molar-refractivity contribution in [2.45, 2.75) is 25.7 Å². The van der Waals surface area contributed by atoms with E-state index >= 15 is 0 Å². The van der Waals surface area contributed by atoms with Gasteiger partial charge in [0.05, 0.1) is 6.54 Å². The third kappa shape index (κ3) is 7.31. The molecule has 1 aliphatic rings. The molecular weight excluding hydrogens is 360 g/mol. The Hall–Kier alpha value is -2.28. The monoisotopic (exact) mass is 382 g/mol. The van der Waals surface area contributed by atoms with Crippen molar-refractivity contribution in [3.05, 3.63) is 29.3 Å². The first-order valence-corrected chi connectivity index (χ1v) is 9.01. The first-order chi connectivity index (χ1) is 12.5. The Bertz CT molecular complexity index is 621. The molecular formula is C18H23ClN2O5. The lowest BCUT2D eigenvalue weighted by molar-refractivity contribution is -0.152. The van der Waals surface area contributed by atoms with Gasteiger partial charge in [-0.05, 0) is 37.1 Å². The van der Waals surface area contributed by atoms with Crippen molar-refractivity contribution < 1.29 is 23.9 Å². The fourth-order valence-corrected chi connectivity index (χ4v) is 2.62. The van der Waals surface area contributed by atoms with Gasteiger partial charge in [0.25, 0.3) is 5.91 Å². The molecule has 2 amide bonds. The zero-order valence-electron chi connectivity index (χ0n) is 14.5. The highest BCUT2D eigenvalue weighted by molar-refractivity contribution is 6.30. The molecule has 0 aliphatic carbocycles. The Morgan fingerprint density at radius 1 is 1.15 bits per heavy atom. The van der Waals surface area contributed by atoms with E-state index in [2.05, 4.69) is 5.32 Å². The minimum Gasteiger partial charge on any atom is -0.492 e. The van der Waals surface area contributed by atoms with Gasteiger partial charge >= 0.3 is 5.97 Å². The van der Waals surface area contributed by atoms with Crippen LogP contribution in [0.1, 0.15) is 25.7 Å². The first-order valence-electron chi connectivity index (χ1n) is 8.63. The summed E-state index contributed by atoms with van der Waals surface area (Å²) in [5.41, 5.74) is 0. The molecule has 2 rings (SSSR count). The molecule has 8 heteroatoms. The number of esters is 1. The zero-order valence-corrected chi connectivity index (χ0v) is 15.3.